The van der Waals surface area contributed by atoms with E-state index in [4.69, 9.17) is 9.15 Å². The minimum absolute atomic E-state index is 0.0205. The molecule has 0 spiro atoms. The van der Waals surface area contributed by atoms with Crippen LogP contribution in [0, 0.1) is 6.92 Å². The zero-order valence-electron chi connectivity index (χ0n) is 13.4. The Morgan fingerprint density at radius 3 is 3.09 bits per heavy atom. The van der Waals surface area contributed by atoms with Crippen LogP contribution in [0.2, 0.25) is 0 Å². The Bertz CT molecular complexity index is 667. The highest BCUT2D eigenvalue weighted by Crippen LogP contribution is 2.26. The Kier molecular flexibility index (Phi) is 5.09. The molecule has 1 saturated heterocycles. The Hall–Kier alpha value is -1.70. The van der Waals surface area contributed by atoms with Crippen LogP contribution in [-0.4, -0.2) is 42.1 Å². The molecule has 23 heavy (non-hydrogen) atoms. The first-order valence-corrected chi connectivity index (χ1v) is 8.66. The van der Waals surface area contributed by atoms with Gasteiger partial charge in [-0.2, -0.15) is 0 Å². The molecule has 0 radical (unpaired) electrons. The van der Waals surface area contributed by atoms with Crippen LogP contribution in [0.3, 0.4) is 0 Å². The van der Waals surface area contributed by atoms with Crippen molar-refractivity contribution in [2.24, 2.45) is 0 Å². The Morgan fingerprint density at radius 2 is 2.39 bits per heavy atom. The molecule has 1 amide bonds. The minimum atomic E-state index is -0.0616. The normalized spacial score (nSPS) is 19.0. The van der Waals surface area contributed by atoms with Crippen LogP contribution < -0.4 is 5.32 Å². The van der Waals surface area contributed by atoms with Gasteiger partial charge in [-0.15, -0.1) is 11.3 Å². The van der Waals surface area contributed by atoms with Gasteiger partial charge in [-0.25, -0.2) is 4.98 Å². The fraction of sp³-hybridized carbons (Fsp3) is 0.500. The van der Waals surface area contributed by atoms with Gasteiger partial charge in [-0.05, 0) is 19.1 Å². The van der Waals surface area contributed by atoms with Crippen LogP contribution >= 0.6 is 11.3 Å². The number of aromatic nitrogens is 1. The summed E-state index contributed by atoms with van der Waals surface area (Å²) in [7, 11) is 0. The molecule has 6 nitrogen and oxygen atoms in total. The zero-order valence-corrected chi connectivity index (χ0v) is 14.2. The molecule has 0 aliphatic carbocycles. The molecule has 3 rings (SSSR count). The van der Waals surface area contributed by atoms with Crippen LogP contribution in [0.5, 0.6) is 0 Å². The SMILES string of the molecule is CCc1ccc(C2COCCN2CC(=O)Nc2nc(C)cs2)o1. The largest absolute Gasteiger partial charge is 0.464 e. The quantitative estimate of drug-likeness (QED) is 0.910. The van der Waals surface area contributed by atoms with Crippen molar-refractivity contribution in [1.29, 1.82) is 0 Å². The van der Waals surface area contributed by atoms with Crippen molar-refractivity contribution in [3.8, 4) is 0 Å². The van der Waals surface area contributed by atoms with E-state index in [-0.39, 0.29) is 11.9 Å². The van der Waals surface area contributed by atoms with Crippen molar-refractivity contribution >= 4 is 22.4 Å². The third kappa shape index (κ3) is 3.99. The van der Waals surface area contributed by atoms with E-state index in [9.17, 15) is 4.79 Å². The van der Waals surface area contributed by atoms with E-state index in [1.165, 1.54) is 11.3 Å². The van der Waals surface area contributed by atoms with E-state index in [1.807, 2.05) is 24.4 Å². The van der Waals surface area contributed by atoms with Crippen molar-refractivity contribution in [2.45, 2.75) is 26.3 Å². The van der Waals surface area contributed by atoms with E-state index in [2.05, 4.69) is 22.1 Å². The summed E-state index contributed by atoms with van der Waals surface area (Å²) in [5.41, 5.74) is 0.914. The number of ether oxygens (including phenoxy) is 1. The van der Waals surface area contributed by atoms with Gasteiger partial charge in [0.15, 0.2) is 5.13 Å². The van der Waals surface area contributed by atoms with Gasteiger partial charge >= 0.3 is 0 Å². The van der Waals surface area contributed by atoms with Crippen molar-refractivity contribution < 1.29 is 13.9 Å². The van der Waals surface area contributed by atoms with Crippen molar-refractivity contribution in [3.63, 3.8) is 0 Å². The zero-order chi connectivity index (χ0) is 16.2. The first-order valence-electron chi connectivity index (χ1n) is 7.78. The second-order valence-corrected chi connectivity index (χ2v) is 6.42. The molecule has 2 aromatic rings. The molecule has 1 N–H and O–H groups in total. The molecule has 7 heteroatoms. The number of nitrogens with one attached hydrogen (secondary N) is 1. The summed E-state index contributed by atoms with van der Waals surface area (Å²) in [5, 5.41) is 5.41. The summed E-state index contributed by atoms with van der Waals surface area (Å²) in [4.78, 5) is 18.6. The van der Waals surface area contributed by atoms with E-state index < -0.39 is 0 Å². The molecule has 1 aliphatic heterocycles. The number of amides is 1. The fourth-order valence-electron chi connectivity index (χ4n) is 2.61. The lowest BCUT2D eigenvalue weighted by Crippen LogP contribution is -2.43. The van der Waals surface area contributed by atoms with Gasteiger partial charge in [0.25, 0.3) is 0 Å². The number of carbonyl (C=O) groups excluding carboxylic acids is 1. The van der Waals surface area contributed by atoms with Gasteiger partial charge in [0.2, 0.25) is 5.91 Å². The van der Waals surface area contributed by atoms with Crippen molar-refractivity contribution in [2.75, 3.05) is 31.6 Å². The number of carbonyl (C=O) groups is 1. The molecule has 0 bridgehead atoms. The number of aryl methyl sites for hydroxylation is 2. The average Bonchev–Trinajstić information content (AvgIpc) is 3.17. The minimum Gasteiger partial charge on any atom is -0.464 e. The van der Waals surface area contributed by atoms with E-state index in [1.54, 1.807) is 0 Å². The maximum Gasteiger partial charge on any atom is 0.240 e. The van der Waals surface area contributed by atoms with Gasteiger partial charge < -0.3 is 14.5 Å². The number of furan rings is 1. The number of hydrogen-bond acceptors (Lipinski definition) is 6. The summed E-state index contributed by atoms with van der Waals surface area (Å²) >= 11 is 1.44. The van der Waals surface area contributed by atoms with Gasteiger partial charge in [-0.3, -0.25) is 9.69 Å². The lowest BCUT2D eigenvalue weighted by atomic mass is 10.1. The number of thiazole rings is 1. The number of rotatable bonds is 5. The molecule has 0 aromatic carbocycles. The van der Waals surface area contributed by atoms with Crippen LogP contribution in [0.1, 0.15) is 30.2 Å². The van der Waals surface area contributed by atoms with Gasteiger partial charge in [0, 0.05) is 18.3 Å². The summed E-state index contributed by atoms with van der Waals surface area (Å²) in [6, 6.07) is 3.95. The van der Waals surface area contributed by atoms with Crippen molar-refractivity contribution in [1.82, 2.24) is 9.88 Å². The molecule has 2 aromatic heterocycles. The number of hydrogen-bond donors (Lipinski definition) is 1. The summed E-state index contributed by atoms with van der Waals surface area (Å²) in [6.07, 6.45) is 0.859. The van der Waals surface area contributed by atoms with Crippen LogP contribution in [-0.2, 0) is 16.0 Å². The van der Waals surface area contributed by atoms with Gasteiger partial charge in [0.1, 0.15) is 11.5 Å². The summed E-state index contributed by atoms with van der Waals surface area (Å²) < 4.78 is 11.4. The Balaban J connectivity index is 1.65. The molecule has 1 fully saturated rings. The Labute approximate surface area is 139 Å². The average molecular weight is 335 g/mol. The third-order valence-corrected chi connectivity index (χ3v) is 4.69. The van der Waals surface area contributed by atoms with Crippen LogP contribution in [0.25, 0.3) is 0 Å². The molecular formula is C16H21N3O3S. The number of nitrogens with zero attached hydrogens (tertiary/aromatic N) is 2. The fourth-order valence-corrected chi connectivity index (χ4v) is 3.31. The predicted octanol–water partition coefficient (Wildman–Crippen LogP) is 2.62. The number of morpholine rings is 1. The smallest absolute Gasteiger partial charge is 0.240 e. The van der Waals surface area contributed by atoms with E-state index in [0.29, 0.717) is 31.4 Å². The van der Waals surface area contributed by atoms with Gasteiger partial charge in [-0.1, -0.05) is 6.92 Å². The highest BCUT2D eigenvalue weighted by molar-refractivity contribution is 7.13. The molecule has 0 saturated carbocycles. The standard InChI is InChI=1S/C16H21N3O3S/c1-3-12-4-5-14(22-12)13-9-21-7-6-19(13)8-15(20)18-16-17-11(2)10-23-16/h4-5,10,13H,3,6-9H2,1-2H3,(H,17,18,20). The molecule has 3 heterocycles. The highest BCUT2D eigenvalue weighted by Gasteiger charge is 2.28. The highest BCUT2D eigenvalue weighted by atomic mass is 32.1. The second-order valence-electron chi connectivity index (χ2n) is 5.56. The van der Waals surface area contributed by atoms with Crippen LogP contribution in [0.4, 0.5) is 5.13 Å². The van der Waals surface area contributed by atoms with Crippen LogP contribution in [0.15, 0.2) is 21.9 Å². The maximum atomic E-state index is 12.3. The molecule has 124 valence electrons. The monoisotopic (exact) mass is 335 g/mol. The van der Waals surface area contributed by atoms with E-state index in [0.717, 1.165) is 23.6 Å². The maximum absolute atomic E-state index is 12.3. The molecular weight excluding hydrogens is 314 g/mol. The molecule has 1 unspecified atom stereocenters. The molecule has 1 atom stereocenters. The van der Waals surface area contributed by atoms with E-state index >= 15 is 0 Å². The predicted molar refractivity (Wildman–Crippen MR) is 88.7 cm³/mol. The second kappa shape index (κ2) is 7.25. The first-order chi connectivity index (χ1) is 11.2. The topological polar surface area (TPSA) is 67.6 Å². The third-order valence-electron chi connectivity index (χ3n) is 3.81. The number of anilines is 1. The molecule has 1 aliphatic rings. The first kappa shape index (κ1) is 16.2. The summed E-state index contributed by atoms with van der Waals surface area (Å²) in [5.74, 6) is 1.75. The summed E-state index contributed by atoms with van der Waals surface area (Å²) in [6.45, 7) is 6.14. The lowest BCUT2D eigenvalue weighted by Gasteiger charge is -2.33. The lowest BCUT2D eigenvalue weighted by molar-refractivity contribution is -0.120. The van der Waals surface area contributed by atoms with Crippen molar-refractivity contribution in [3.05, 3.63) is 34.7 Å². The Morgan fingerprint density at radius 1 is 1.52 bits per heavy atom. The van der Waals surface area contributed by atoms with Gasteiger partial charge in [0.05, 0.1) is 31.5 Å².